The van der Waals surface area contributed by atoms with Crippen LogP contribution >= 0.6 is 0 Å². The number of epoxide rings is 1. The molecule has 0 aromatic heterocycles. The van der Waals surface area contributed by atoms with Gasteiger partial charge in [-0.25, -0.2) is 0 Å². The molecule has 1 aliphatic heterocycles. The summed E-state index contributed by atoms with van der Waals surface area (Å²) < 4.78 is 6.18. The highest BCUT2D eigenvalue weighted by Crippen LogP contribution is 2.67. The molecule has 0 radical (unpaired) electrons. The fraction of sp³-hybridized carbons (Fsp3) is 0.550. The van der Waals surface area contributed by atoms with Gasteiger partial charge in [0.25, 0.3) is 0 Å². The van der Waals surface area contributed by atoms with E-state index < -0.39 is 22.9 Å². The van der Waals surface area contributed by atoms with Gasteiger partial charge in [0.1, 0.15) is 5.60 Å². The van der Waals surface area contributed by atoms with Crippen LogP contribution in [0.3, 0.4) is 0 Å². The van der Waals surface area contributed by atoms with Crippen LogP contribution in [-0.2, 0) is 9.53 Å². The SMILES string of the molecule is C\C(C=C=C1C(C)(C)C[C@H](O)C[C@@]1(C)O)=C/C=C/C(C)=C/C=C/C=C(C)/C=C/C=C(\C)C(=O)C[C@@]12O[C@]1(C)C[C@@H](O)CC2(C)C. The van der Waals surface area contributed by atoms with Crippen LogP contribution in [0.15, 0.2) is 100 Å². The third-order valence-electron chi connectivity index (χ3n) is 9.82. The molecule has 3 rings (SSSR count). The van der Waals surface area contributed by atoms with E-state index >= 15 is 0 Å². The number of ether oxygens (including phenoxy) is 1. The van der Waals surface area contributed by atoms with E-state index in [2.05, 4.69) is 19.6 Å². The second-order valence-corrected chi connectivity index (χ2v) is 15.3. The zero-order valence-corrected chi connectivity index (χ0v) is 29.2. The van der Waals surface area contributed by atoms with Crippen molar-refractivity contribution in [3.05, 3.63) is 100 Å². The van der Waals surface area contributed by atoms with Gasteiger partial charge < -0.3 is 20.1 Å². The maximum absolute atomic E-state index is 13.1. The number of aliphatic hydroxyl groups excluding tert-OH is 2. The first-order chi connectivity index (χ1) is 20.7. The third-order valence-corrected chi connectivity index (χ3v) is 9.82. The molecule has 0 aromatic rings. The number of allylic oxidation sites excluding steroid dienone is 14. The van der Waals surface area contributed by atoms with Gasteiger partial charge >= 0.3 is 0 Å². The Balaban J connectivity index is 1.53. The number of fused-ring (bicyclic) bond motifs is 1. The lowest BCUT2D eigenvalue weighted by Gasteiger charge is -2.43. The van der Waals surface area contributed by atoms with Crippen molar-refractivity contribution >= 4 is 5.78 Å². The molecule has 2 aliphatic carbocycles. The first-order valence-corrected chi connectivity index (χ1v) is 16.2. The van der Waals surface area contributed by atoms with E-state index in [1.807, 2.05) is 115 Å². The van der Waals surface area contributed by atoms with E-state index in [0.29, 0.717) is 37.7 Å². The molecule has 5 nitrogen and oxygen atoms in total. The van der Waals surface area contributed by atoms with Crippen LogP contribution in [-0.4, -0.2) is 50.1 Å². The van der Waals surface area contributed by atoms with Gasteiger partial charge in [0.2, 0.25) is 0 Å². The van der Waals surface area contributed by atoms with Crippen LogP contribution in [0.2, 0.25) is 0 Å². The van der Waals surface area contributed by atoms with Gasteiger partial charge in [0, 0.05) is 24.8 Å². The fourth-order valence-corrected chi connectivity index (χ4v) is 7.48. The summed E-state index contributed by atoms with van der Waals surface area (Å²) >= 11 is 0. The van der Waals surface area contributed by atoms with Crippen LogP contribution in [0.4, 0.5) is 0 Å². The third kappa shape index (κ3) is 8.93. The van der Waals surface area contributed by atoms with E-state index in [1.165, 1.54) is 0 Å². The molecule has 3 aliphatic rings. The largest absolute Gasteiger partial charge is 0.393 e. The number of Topliss-reactive ketones (excluding diaryl/α,β-unsaturated/α-hetero) is 1. The molecule has 1 heterocycles. The highest BCUT2D eigenvalue weighted by molar-refractivity contribution is 5.96. The summed E-state index contributed by atoms with van der Waals surface area (Å²) in [6, 6.07) is 0. The molecule has 0 spiro atoms. The number of carbonyl (C=O) groups is 1. The number of hydrogen-bond acceptors (Lipinski definition) is 5. The number of aliphatic hydroxyl groups is 3. The average molecular weight is 617 g/mol. The molecule has 2 saturated carbocycles. The zero-order chi connectivity index (χ0) is 33.8. The zero-order valence-electron chi connectivity index (χ0n) is 29.2. The fourth-order valence-electron chi connectivity index (χ4n) is 7.48. The second kappa shape index (κ2) is 13.9. The van der Waals surface area contributed by atoms with Crippen molar-refractivity contribution in [2.75, 3.05) is 0 Å². The molecule has 45 heavy (non-hydrogen) atoms. The van der Waals surface area contributed by atoms with Gasteiger partial charge in [-0.2, -0.15) is 0 Å². The number of hydrogen-bond donors (Lipinski definition) is 3. The monoisotopic (exact) mass is 616 g/mol. The molecule has 0 bridgehead atoms. The summed E-state index contributed by atoms with van der Waals surface area (Å²) in [5.41, 5.74) is 5.48. The second-order valence-electron chi connectivity index (χ2n) is 15.3. The first-order valence-electron chi connectivity index (χ1n) is 16.2. The summed E-state index contributed by atoms with van der Waals surface area (Å²) in [6.07, 6.45) is 23.4. The minimum Gasteiger partial charge on any atom is -0.393 e. The summed E-state index contributed by atoms with van der Waals surface area (Å²) in [7, 11) is 0. The Hall–Kier alpha value is -2.79. The Bertz CT molecular complexity index is 1400. The van der Waals surface area contributed by atoms with Crippen molar-refractivity contribution in [1.29, 1.82) is 0 Å². The Labute approximate surface area is 271 Å². The standard InChI is InChI=1S/C40H56O5/c1-28(17-13-18-30(3)21-22-35-36(5,6)23-32(41)25-38(35,9)44)15-11-12-16-29(2)19-14-20-31(4)34(43)27-40-37(7,8)24-33(42)26-39(40,10)45-40/h11-21,32-33,41-42,44H,23-27H2,1-10H3/b12-11+,17-13+,19-14+,28-15+,29-16+,30-18+,31-20+/t22?,32-,33-,38+,39+,40-/m0/s1. The molecule has 246 valence electrons. The normalized spacial score (nSPS) is 33.9. The van der Waals surface area contributed by atoms with Gasteiger partial charge in [0.05, 0.1) is 23.4 Å². The number of ketones is 1. The van der Waals surface area contributed by atoms with Gasteiger partial charge in [-0.05, 0) is 82.4 Å². The Morgan fingerprint density at radius 2 is 1.31 bits per heavy atom. The van der Waals surface area contributed by atoms with E-state index in [0.717, 1.165) is 22.3 Å². The molecule has 0 amide bonds. The predicted octanol–water partition coefficient (Wildman–Crippen LogP) is 8.12. The van der Waals surface area contributed by atoms with Crippen molar-refractivity contribution in [3.8, 4) is 0 Å². The van der Waals surface area contributed by atoms with E-state index in [4.69, 9.17) is 4.74 Å². The molecule has 0 aromatic carbocycles. The highest BCUT2D eigenvalue weighted by Gasteiger charge is 2.76. The van der Waals surface area contributed by atoms with Crippen LogP contribution in [0.25, 0.3) is 0 Å². The minimum atomic E-state index is -1.07. The summed E-state index contributed by atoms with van der Waals surface area (Å²) in [6.45, 7) is 20.0. The lowest BCUT2D eigenvalue weighted by Crippen LogP contribution is -2.48. The molecule has 5 atom stereocenters. The van der Waals surface area contributed by atoms with Crippen LogP contribution in [0.1, 0.15) is 101 Å². The molecule has 5 heteroatoms. The van der Waals surface area contributed by atoms with Crippen molar-refractivity contribution in [2.24, 2.45) is 10.8 Å². The first kappa shape index (κ1) is 36.7. The van der Waals surface area contributed by atoms with Crippen LogP contribution in [0.5, 0.6) is 0 Å². The predicted molar refractivity (Wildman–Crippen MR) is 185 cm³/mol. The van der Waals surface area contributed by atoms with Gasteiger partial charge in [0.15, 0.2) is 5.78 Å². The van der Waals surface area contributed by atoms with Crippen molar-refractivity contribution in [3.63, 3.8) is 0 Å². The Morgan fingerprint density at radius 3 is 1.87 bits per heavy atom. The molecule has 0 unspecified atom stereocenters. The molecular weight excluding hydrogens is 560 g/mol. The van der Waals surface area contributed by atoms with Crippen LogP contribution < -0.4 is 0 Å². The summed E-state index contributed by atoms with van der Waals surface area (Å²) in [5.74, 6) is 0.0863. The molecular formula is C40H56O5. The van der Waals surface area contributed by atoms with Crippen molar-refractivity contribution in [1.82, 2.24) is 0 Å². The smallest absolute Gasteiger partial charge is 0.161 e. The van der Waals surface area contributed by atoms with E-state index in [1.54, 1.807) is 6.92 Å². The molecule has 3 N–H and O–H groups in total. The van der Waals surface area contributed by atoms with Gasteiger partial charge in [-0.3, -0.25) is 4.79 Å². The number of rotatable bonds is 10. The molecule has 3 fully saturated rings. The van der Waals surface area contributed by atoms with Crippen molar-refractivity contribution < 1.29 is 24.9 Å². The van der Waals surface area contributed by atoms with E-state index in [9.17, 15) is 20.1 Å². The summed E-state index contributed by atoms with van der Waals surface area (Å²) in [5, 5.41) is 31.2. The maximum Gasteiger partial charge on any atom is 0.161 e. The lowest BCUT2D eigenvalue weighted by molar-refractivity contribution is -0.118. The van der Waals surface area contributed by atoms with Crippen molar-refractivity contribution in [2.45, 2.75) is 130 Å². The number of carbonyl (C=O) groups excluding carboxylic acids is 1. The summed E-state index contributed by atoms with van der Waals surface area (Å²) in [4.78, 5) is 13.1. The average Bonchev–Trinajstić information content (AvgIpc) is 3.49. The quantitative estimate of drug-likeness (QED) is 0.0998. The van der Waals surface area contributed by atoms with Gasteiger partial charge in [-0.1, -0.05) is 99.6 Å². The maximum atomic E-state index is 13.1. The Morgan fingerprint density at radius 1 is 0.778 bits per heavy atom. The van der Waals surface area contributed by atoms with Gasteiger partial charge in [-0.15, -0.1) is 5.73 Å². The molecule has 1 saturated heterocycles. The minimum absolute atomic E-state index is 0.0863. The van der Waals surface area contributed by atoms with E-state index in [-0.39, 0.29) is 22.7 Å². The topological polar surface area (TPSA) is 90.3 Å². The lowest BCUT2D eigenvalue weighted by atomic mass is 9.61. The van der Waals surface area contributed by atoms with Crippen LogP contribution in [0, 0.1) is 10.8 Å². The Kier molecular flexibility index (Phi) is 11.3. The highest BCUT2D eigenvalue weighted by atomic mass is 16.6.